The van der Waals surface area contributed by atoms with Gasteiger partial charge in [0.25, 0.3) is 11.8 Å². The zero-order chi connectivity index (χ0) is 49.5. The molecule has 4 amide bonds. The van der Waals surface area contributed by atoms with Gasteiger partial charge < -0.3 is 39.4 Å². The van der Waals surface area contributed by atoms with Crippen molar-refractivity contribution in [2.45, 2.75) is 84.6 Å². The van der Waals surface area contributed by atoms with Crippen molar-refractivity contribution in [3.8, 4) is 17.1 Å². The average molecular weight is 945 g/mol. The van der Waals surface area contributed by atoms with Gasteiger partial charge >= 0.3 is 17.9 Å². The highest BCUT2D eigenvalue weighted by Gasteiger charge is 2.34. The van der Waals surface area contributed by atoms with Gasteiger partial charge in [-0.3, -0.25) is 24.0 Å². The molecule has 0 unspecified atom stereocenters. The monoisotopic (exact) mass is 944 g/mol. The van der Waals surface area contributed by atoms with E-state index in [-0.39, 0.29) is 66.9 Å². The van der Waals surface area contributed by atoms with E-state index in [1.807, 2.05) is 19.1 Å². The van der Waals surface area contributed by atoms with E-state index in [0.29, 0.717) is 30.4 Å². The van der Waals surface area contributed by atoms with Gasteiger partial charge in [-0.2, -0.15) is 5.06 Å². The number of carbonyl (C=O) groups is 8. The second-order valence-electron chi connectivity index (χ2n) is 15.8. The largest absolute Gasteiger partial charge is 0.481 e. The number of nitrogens with zero attached hydrogens (tertiary/aromatic N) is 1. The molecule has 1 aromatic heterocycles. The molecule has 17 nitrogen and oxygen atoms in total. The number of esters is 2. The van der Waals surface area contributed by atoms with Crippen LogP contribution in [0.15, 0.2) is 126 Å². The summed E-state index contributed by atoms with van der Waals surface area (Å²) in [7, 11) is 0. The third-order valence-corrected chi connectivity index (χ3v) is 10.7. The lowest BCUT2D eigenvalue weighted by molar-refractivity contribution is -0.171. The number of furan rings is 1. The third-order valence-electron chi connectivity index (χ3n) is 10.7. The third kappa shape index (κ3) is 16.0. The molecular weight excluding hydrogens is 889 g/mol. The standard InChI is InChI=1S/C52H56N4O13/c1-4-6-10-23-40(43(5-2)56(34-57)69-51(63)38-21-15-9-16-22-38)48(60)53-33-54-50(62)45-27-26-44(68-45)39-24-25-41(46(29-39)65-32-47(59)66-30-36-17-11-7-12-18-36)49(61)55-42(28-35(3)58)52(64)67-31-37-19-13-8-14-20-37/h7-9,11-22,24-27,29,34,40,42-43H,4-6,10,23,28,30-33H2,1-3H3,(H,53,60)(H,54,62)(H,55,61)/t40-,42+,43-/m1/s1. The number of hydrogen-bond acceptors (Lipinski definition) is 13. The Morgan fingerprint density at radius 2 is 1.39 bits per heavy atom. The highest BCUT2D eigenvalue weighted by Crippen LogP contribution is 2.30. The molecule has 0 fully saturated rings. The number of ketones is 1. The van der Waals surface area contributed by atoms with Crippen LogP contribution in [0.25, 0.3) is 11.3 Å². The summed E-state index contributed by atoms with van der Waals surface area (Å²) in [6, 6.07) is 31.0. The fourth-order valence-electron chi connectivity index (χ4n) is 7.13. The summed E-state index contributed by atoms with van der Waals surface area (Å²) in [6.07, 6.45) is 3.04. The fraction of sp³-hybridized carbons (Fsp3) is 0.308. The van der Waals surface area contributed by atoms with Crippen molar-refractivity contribution in [3.63, 3.8) is 0 Å². The molecule has 0 radical (unpaired) electrons. The smallest absolute Gasteiger partial charge is 0.363 e. The number of ether oxygens (including phenoxy) is 3. The number of Topliss-reactive ketones (excluding diaryl/α,β-unsaturated/α-hetero) is 1. The molecule has 0 saturated heterocycles. The Kier molecular flexibility index (Phi) is 20.2. The van der Waals surface area contributed by atoms with Gasteiger partial charge in [-0.15, -0.1) is 0 Å². The minimum Gasteiger partial charge on any atom is -0.481 e. The topological polar surface area (TPSA) is 226 Å². The summed E-state index contributed by atoms with van der Waals surface area (Å²) in [4.78, 5) is 109. The van der Waals surface area contributed by atoms with Gasteiger partial charge in [0.15, 0.2) is 12.4 Å². The normalized spacial score (nSPS) is 12.0. The van der Waals surface area contributed by atoms with Gasteiger partial charge in [-0.05, 0) is 67.3 Å². The summed E-state index contributed by atoms with van der Waals surface area (Å²) in [5, 5.41) is 8.73. The van der Waals surface area contributed by atoms with Gasteiger partial charge in [0.1, 0.15) is 36.5 Å². The van der Waals surface area contributed by atoms with E-state index in [1.165, 1.54) is 37.3 Å². The first kappa shape index (κ1) is 51.9. The molecule has 5 aromatic rings. The summed E-state index contributed by atoms with van der Waals surface area (Å²) < 4.78 is 22.5. The van der Waals surface area contributed by atoms with Gasteiger partial charge in [-0.25, -0.2) is 14.4 Å². The predicted molar refractivity (Wildman–Crippen MR) is 251 cm³/mol. The number of rotatable bonds is 27. The van der Waals surface area contributed by atoms with Gasteiger partial charge in [0.2, 0.25) is 12.3 Å². The number of carbonyl (C=O) groups excluding carboxylic acids is 8. The van der Waals surface area contributed by atoms with Crippen molar-refractivity contribution >= 4 is 47.8 Å². The van der Waals surface area contributed by atoms with Crippen LogP contribution in [0.3, 0.4) is 0 Å². The maximum atomic E-state index is 13.8. The van der Waals surface area contributed by atoms with E-state index in [0.717, 1.165) is 23.5 Å². The van der Waals surface area contributed by atoms with Crippen LogP contribution >= 0.6 is 0 Å². The van der Waals surface area contributed by atoms with Crippen molar-refractivity contribution < 1.29 is 61.8 Å². The fourth-order valence-corrected chi connectivity index (χ4v) is 7.13. The lowest BCUT2D eigenvalue weighted by Crippen LogP contribution is -2.49. The lowest BCUT2D eigenvalue weighted by Gasteiger charge is -2.31. The Morgan fingerprint density at radius 1 is 0.739 bits per heavy atom. The van der Waals surface area contributed by atoms with Crippen LogP contribution < -0.4 is 20.7 Å². The quantitative estimate of drug-likeness (QED) is 0.0160. The Hall–Kier alpha value is -8.08. The van der Waals surface area contributed by atoms with E-state index in [2.05, 4.69) is 16.0 Å². The zero-order valence-corrected chi connectivity index (χ0v) is 38.7. The predicted octanol–water partition coefficient (Wildman–Crippen LogP) is 6.90. The minimum absolute atomic E-state index is 0.0287. The van der Waals surface area contributed by atoms with Crippen molar-refractivity contribution in [1.29, 1.82) is 0 Å². The highest BCUT2D eigenvalue weighted by molar-refractivity contribution is 6.00. The number of hydroxylamine groups is 2. The van der Waals surface area contributed by atoms with Crippen LogP contribution in [0.4, 0.5) is 0 Å². The number of amides is 4. The number of hydrogen-bond donors (Lipinski definition) is 3. The van der Waals surface area contributed by atoms with Gasteiger partial charge in [0.05, 0.1) is 29.8 Å². The minimum atomic E-state index is -1.35. The Bertz CT molecular complexity index is 2510. The van der Waals surface area contributed by atoms with Crippen LogP contribution in [-0.4, -0.2) is 78.2 Å². The first-order chi connectivity index (χ1) is 33.4. The molecule has 5 rings (SSSR count). The van der Waals surface area contributed by atoms with Crippen molar-refractivity contribution in [1.82, 2.24) is 21.0 Å². The van der Waals surface area contributed by atoms with E-state index in [4.69, 9.17) is 23.5 Å². The van der Waals surface area contributed by atoms with Crippen LogP contribution in [0.2, 0.25) is 0 Å². The van der Waals surface area contributed by atoms with E-state index in [1.54, 1.807) is 85.8 Å². The molecule has 17 heteroatoms. The molecule has 0 spiro atoms. The Morgan fingerprint density at radius 3 is 2.01 bits per heavy atom. The molecule has 0 bridgehead atoms. The van der Waals surface area contributed by atoms with Crippen LogP contribution in [0.1, 0.15) is 102 Å². The van der Waals surface area contributed by atoms with E-state index < -0.39 is 60.2 Å². The molecule has 3 atom stereocenters. The van der Waals surface area contributed by atoms with Gasteiger partial charge in [0, 0.05) is 12.0 Å². The second kappa shape index (κ2) is 26.9. The first-order valence-electron chi connectivity index (χ1n) is 22.5. The van der Waals surface area contributed by atoms with E-state index >= 15 is 0 Å². The Labute approximate surface area is 399 Å². The summed E-state index contributed by atoms with van der Waals surface area (Å²) in [5.74, 6) is -5.58. The molecule has 0 saturated carbocycles. The summed E-state index contributed by atoms with van der Waals surface area (Å²) >= 11 is 0. The van der Waals surface area contributed by atoms with Gasteiger partial charge in [-0.1, -0.05) is 118 Å². The molecule has 4 aromatic carbocycles. The molecule has 1 heterocycles. The summed E-state index contributed by atoms with van der Waals surface area (Å²) in [6.45, 7) is 4.00. The molecule has 3 N–H and O–H groups in total. The molecule has 0 aliphatic carbocycles. The second-order valence-corrected chi connectivity index (χ2v) is 15.8. The molecule has 0 aliphatic rings. The number of nitrogens with one attached hydrogen (secondary N) is 3. The van der Waals surface area contributed by atoms with Crippen LogP contribution in [-0.2, 0) is 51.5 Å². The lowest BCUT2D eigenvalue weighted by atomic mass is 9.90. The highest BCUT2D eigenvalue weighted by atomic mass is 16.7. The number of benzene rings is 4. The van der Waals surface area contributed by atoms with Crippen LogP contribution in [0, 0.1) is 5.92 Å². The van der Waals surface area contributed by atoms with Crippen molar-refractivity contribution in [3.05, 3.63) is 149 Å². The van der Waals surface area contributed by atoms with Crippen molar-refractivity contribution in [2.24, 2.45) is 5.92 Å². The molecule has 0 aliphatic heterocycles. The van der Waals surface area contributed by atoms with E-state index in [9.17, 15) is 38.4 Å². The SMILES string of the molecule is CCCCC[C@@H](C(=O)NCNC(=O)c1ccc(-c2ccc(C(=O)N[C@@H](CC(C)=O)C(=O)OCc3ccccc3)c(OCC(=O)OCc3ccccc3)c2)o1)[C@@H](CC)N(C=O)OC(=O)c1ccccc1. The zero-order valence-electron chi connectivity index (χ0n) is 38.7. The molecule has 362 valence electrons. The first-order valence-corrected chi connectivity index (χ1v) is 22.5. The molecule has 69 heavy (non-hydrogen) atoms. The van der Waals surface area contributed by atoms with Crippen molar-refractivity contribution in [2.75, 3.05) is 13.3 Å². The number of unbranched alkanes of at least 4 members (excludes halogenated alkanes) is 2. The molecular formula is C52H56N4O13. The maximum absolute atomic E-state index is 13.8. The van der Waals surface area contributed by atoms with Crippen LogP contribution in [0.5, 0.6) is 5.75 Å². The Balaban J connectivity index is 1.28. The average Bonchev–Trinajstić information content (AvgIpc) is 3.87. The summed E-state index contributed by atoms with van der Waals surface area (Å²) in [5.41, 5.74) is 1.89. The maximum Gasteiger partial charge on any atom is 0.363 e.